The number of anilines is 2. The number of halogens is 1. The van der Waals surface area contributed by atoms with E-state index in [9.17, 15) is 9.18 Å². The summed E-state index contributed by atoms with van der Waals surface area (Å²) in [5, 5.41) is 5.06. The number of amides is 2. The lowest BCUT2D eigenvalue weighted by Gasteiger charge is -2.26. The molecule has 2 aromatic rings. The van der Waals surface area contributed by atoms with Gasteiger partial charge in [0.25, 0.3) is 0 Å². The van der Waals surface area contributed by atoms with E-state index in [1.807, 2.05) is 0 Å². The molecule has 1 aliphatic rings. The summed E-state index contributed by atoms with van der Waals surface area (Å²) in [4.78, 5) is 26.9. The van der Waals surface area contributed by atoms with Gasteiger partial charge in [-0.3, -0.25) is 0 Å². The SMILES string of the molecule is COc1nc(CNC(=O)Nc2ccccc2F)nc(N2CCCCC2)n1. The number of piperidine rings is 1. The van der Waals surface area contributed by atoms with Gasteiger partial charge in [-0.15, -0.1) is 0 Å². The fourth-order valence-corrected chi connectivity index (χ4v) is 2.68. The first-order chi connectivity index (χ1) is 12.7. The van der Waals surface area contributed by atoms with Crippen LogP contribution in [0.15, 0.2) is 24.3 Å². The van der Waals surface area contributed by atoms with Gasteiger partial charge in [0, 0.05) is 13.1 Å². The molecule has 0 spiro atoms. The maximum atomic E-state index is 13.6. The van der Waals surface area contributed by atoms with Crippen molar-refractivity contribution in [2.24, 2.45) is 0 Å². The second kappa shape index (κ2) is 8.41. The van der Waals surface area contributed by atoms with Crippen molar-refractivity contribution < 1.29 is 13.9 Å². The number of rotatable bonds is 5. The molecule has 0 radical (unpaired) electrons. The number of hydrogen-bond acceptors (Lipinski definition) is 6. The molecule has 26 heavy (non-hydrogen) atoms. The molecule has 2 amide bonds. The molecular formula is C17H21FN6O2. The van der Waals surface area contributed by atoms with Crippen LogP contribution < -0.4 is 20.3 Å². The highest BCUT2D eigenvalue weighted by atomic mass is 19.1. The molecule has 1 aliphatic heterocycles. The molecule has 2 N–H and O–H groups in total. The van der Waals surface area contributed by atoms with Gasteiger partial charge < -0.3 is 20.3 Å². The molecule has 0 saturated carbocycles. The van der Waals surface area contributed by atoms with Crippen LogP contribution in [0.1, 0.15) is 25.1 Å². The highest BCUT2D eigenvalue weighted by molar-refractivity contribution is 5.89. The van der Waals surface area contributed by atoms with E-state index in [1.54, 1.807) is 12.1 Å². The summed E-state index contributed by atoms with van der Waals surface area (Å²) in [5.74, 6) is 0.417. The first-order valence-corrected chi connectivity index (χ1v) is 8.49. The Kier molecular flexibility index (Phi) is 5.77. The monoisotopic (exact) mass is 360 g/mol. The fourth-order valence-electron chi connectivity index (χ4n) is 2.68. The number of carbonyl (C=O) groups excluding carboxylic acids is 1. The minimum absolute atomic E-state index is 0.0695. The third kappa shape index (κ3) is 4.56. The summed E-state index contributed by atoms with van der Waals surface area (Å²) < 4.78 is 18.7. The van der Waals surface area contributed by atoms with E-state index < -0.39 is 11.8 Å². The zero-order valence-corrected chi connectivity index (χ0v) is 14.5. The van der Waals surface area contributed by atoms with Crippen molar-refractivity contribution in [2.75, 3.05) is 30.4 Å². The predicted molar refractivity (Wildman–Crippen MR) is 94.7 cm³/mol. The Bertz CT molecular complexity index is 767. The summed E-state index contributed by atoms with van der Waals surface area (Å²) in [6.45, 7) is 1.83. The van der Waals surface area contributed by atoms with Gasteiger partial charge in [0.15, 0.2) is 5.82 Å². The molecule has 1 aromatic carbocycles. The van der Waals surface area contributed by atoms with Crippen molar-refractivity contribution in [2.45, 2.75) is 25.8 Å². The second-order valence-electron chi connectivity index (χ2n) is 5.87. The zero-order chi connectivity index (χ0) is 18.4. The Balaban J connectivity index is 1.65. The number of aromatic nitrogens is 3. The number of ether oxygens (including phenoxy) is 1. The van der Waals surface area contributed by atoms with Gasteiger partial charge in [0.05, 0.1) is 19.3 Å². The molecule has 0 unspecified atom stereocenters. The molecule has 138 valence electrons. The van der Waals surface area contributed by atoms with Gasteiger partial charge in [-0.1, -0.05) is 12.1 Å². The van der Waals surface area contributed by atoms with E-state index in [0.29, 0.717) is 11.8 Å². The van der Waals surface area contributed by atoms with Crippen molar-refractivity contribution >= 4 is 17.7 Å². The van der Waals surface area contributed by atoms with Crippen LogP contribution in [0.25, 0.3) is 0 Å². The van der Waals surface area contributed by atoms with Crippen LogP contribution in [0.3, 0.4) is 0 Å². The molecule has 3 rings (SSSR count). The molecule has 8 nitrogen and oxygen atoms in total. The van der Waals surface area contributed by atoms with Gasteiger partial charge in [-0.05, 0) is 31.4 Å². The number of nitrogens with one attached hydrogen (secondary N) is 2. The van der Waals surface area contributed by atoms with E-state index in [4.69, 9.17) is 4.74 Å². The summed E-state index contributed by atoms with van der Waals surface area (Å²) in [6.07, 6.45) is 3.38. The molecular weight excluding hydrogens is 339 g/mol. The zero-order valence-electron chi connectivity index (χ0n) is 14.5. The fraction of sp³-hybridized carbons (Fsp3) is 0.412. The summed E-state index contributed by atoms with van der Waals surface area (Å²) in [5.41, 5.74) is 0.104. The van der Waals surface area contributed by atoms with Crippen molar-refractivity contribution in [1.29, 1.82) is 0 Å². The van der Waals surface area contributed by atoms with Crippen LogP contribution in [-0.2, 0) is 6.54 Å². The van der Waals surface area contributed by atoms with Gasteiger partial charge in [0.2, 0.25) is 5.95 Å². The molecule has 2 heterocycles. The topological polar surface area (TPSA) is 92.3 Å². The molecule has 1 fully saturated rings. The van der Waals surface area contributed by atoms with Gasteiger partial charge in [0.1, 0.15) is 5.82 Å². The maximum Gasteiger partial charge on any atom is 0.321 e. The quantitative estimate of drug-likeness (QED) is 0.850. The summed E-state index contributed by atoms with van der Waals surface area (Å²) in [6, 6.07) is 5.60. The Hall–Kier alpha value is -2.97. The van der Waals surface area contributed by atoms with Crippen molar-refractivity contribution in [1.82, 2.24) is 20.3 Å². The lowest BCUT2D eigenvalue weighted by atomic mass is 10.1. The van der Waals surface area contributed by atoms with E-state index in [1.165, 1.54) is 25.7 Å². The normalized spacial score (nSPS) is 14.0. The van der Waals surface area contributed by atoms with E-state index in [0.717, 1.165) is 25.9 Å². The van der Waals surface area contributed by atoms with Crippen molar-refractivity contribution in [3.63, 3.8) is 0 Å². The number of urea groups is 1. The number of para-hydroxylation sites is 1. The van der Waals surface area contributed by atoms with Gasteiger partial charge in [-0.2, -0.15) is 15.0 Å². The average molecular weight is 360 g/mol. The second-order valence-corrected chi connectivity index (χ2v) is 5.87. The minimum atomic E-state index is -0.547. The largest absolute Gasteiger partial charge is 0.467 e. The van der Waals surface area contributed by atoms with Crippen LogP contribution in [0.2, 0.25) is 0 Å². The van der Waals surface area contributed by atoms with Crippen LogP contribution in [0.5, 0.6) is 6.01 Å². The third-order valence-electron chi connectivity index (χ3n) is 4.00. The summed E-state index contributed by atoms with van der Waals surface area (Å²) >= 11 is 0. The van der Waals surface area contributed by atoms with E-state index in [2.05, 4.69) is 30.5 Å². The van der Waals surface area contributed by atoms with E-state index in [-0.39, 0.29) is 18.2 Å². The lowest BCUT2D eigenvalue weighted by molar-refractivity contribution is 0.251. The van der Waals surface area contributed by atoms with Crippen molar-refractivity contribution in [3.05, 3.63) is 35.9 Å². The first-order valence-electron chi connectivity index (χ1n) is 8.49. The number of nitrogens with zero attached hydrogens (tertiary/aromatic N) is 4. The number of hydrogen-bond donors (Lipinski definition) is 2. The molecule has 0 atom stereocenters. The molecule has 0 aliphatic carbocycles. The van der Waals surface area contributed by atoms with Gasteiger partial charge >= 0.3 is 12.0 Å². The lowest BCUT2D eigenvalue weighted by Crippen LogP contribution is -2.33. The Morgan fingerprint density at radius 2 is 1.96 bits per heavy atom. The Morgan fingerprint density at radius 3 is 2.69 bits per heavy atom. The Labute approximate surface area is 150 Å². The highest BCUT2D eigenvalue weighted by Crippen LogP contribution is 2.17. The predicted octanol–water partition coefficient (Wildman–Crippen LogP) is 2.33. The molecule has 1 saturated heterocycles. The van der Waals surface area contributed by atoms with Crippen LogP contribution in [0.4, 0.5) is 20.8 Å². The molecule has 1 aromatic heterocycles. The summed E-state index contributed by atoms with van der Waals surface area (Å²) in [7, 11) is 1.48. The van der Waals surface area contributed by atoms with Crippen molar-refractivity contribution in [3.8, 4) is 6.01 Å². The molecule has 0 bridgehead atoms. The number of benzene rings is 1. The van der Waals surface area contributed by atoms with E-state index >= 15 is 0 Å². The van der Waals surface area contributed by atoms with Crippen LogP contribution in [-0.4, -0.2) is 41.2 Å². The number of methoxy groups -OCH3 is 1. The first kappa shape index (κ1) is 17.8. The maximum absolute atomic E-state index is 13.6. The van der Waals surface area contributed by atoms with Gasteiger partial charge in [-0.25, -0.2) is 9.18 Å². The van der Waals surface area contributed by atoms with Crippen LogP contribution >= 0.6 is 0 Å². The molecule has 9 heteroatoms. The number of carbonyl (C=O) groups is 1. The highest BCUT2D eigenvalue weighted by Gasteiger charge is 2.17. The average Bonchev–Trinajstić information content (AvgIpc) is 2.68. The smallest absolute Gasteiger partial charge is 0.321 e. The van der Waals surface area contributed by atoms with Crippen LogP contribution in [0, 0.1) is 5.82 Å². The minimum Gasteiger partial charge on any atom is -0.467 e. The Morgan fingerprint density at radius 1 is 1.19 bits per heavy atom. The third-order valence-corrected chi connectivity index (χ3v) is 4.00. The standard InChI is InChI=1S/C17H21FN6O2/c1-26-17-22-14(21-15(23-17)24-9-5-2-6-10-24)11-19-16(25)20-13-8-4-3-7-12(13)18/h3-4,7-8H,2,5-6,9-11H2,1H3,(H2,19,20,25).